The third-order valence-corrected chi connectivity index (χ3v) is 4.65. The molecule has 0 bridgehead atoms. The standard InChI is InChI=1S/C24H18N2O2.2ClH/c27-17-19-1-5-23(6-2-19)25-13-9-21(10-14-25)22-11-15-26(16-12-22)24-7-3-20(18-28)4-8-24;;/h1-18H;2*1H/q+2;;/p-2. The van der Waals surface area contributed by atoms with Gasteiger partial charge in [0.15, 0.2) is 24.8 Å². The number of hydrogen-bond acceptors (Lipinski definition) is 2. The van der Waals surface area contributed by atoms with Gasteiger partial charge >= 0.3 is 0 Å². The molecule has 2 heterocycles. The summed E-state index contributed by atoms with van der Waals surface area (Å²) in [6.45, 7) is 0. The van der Waals surface area contributed by atoms with E-state index in [0.717, 1.165) is 35.1 Å². The molecule has 2 aromatic carbocycles. The quantitative estimate of drug-likeness (QED) is 0.257. The fraction of sp³-hybridized carbons (Fsp3) is 0. The zero-order valence-corrected chi connectivity index (χ0v) is 17.4. The van der Waals surface area contributed by atoms with Crippen LogP contribution in [0.1, 0.15) is 20.7 Å². The third-order valence-electron chi connectivity index (χ3n) is 4.65. The Morgan fingerprint density at radius 2 is 0.767 bits per heavy atom. The van der Waals surface area contributed by atoms with Crippen LogP contribution in [-0.4, -0.2) is 12.6 Å². The van der Waals surface area contributed by atoms with Crippen molar-refractivity contribution in [1.82, 2.24) is 0 Å². The molecule has 4 nitrogen and oxygen atoms in total. The van der Waals surface area contributed by atoms with Crippen LogP contribution in [0.25, 0.3) is 22.5 Å². The summed E-state index contributed by atoms with van der Waals surface area (Å²) in [6.07, 6.45) is 9.70. The monoisotopic (exact) mass is 436 g/mol. The molecule has 0 aliphatic heterocycles. The molecule has 0 aliphatic carbocycles. The van der Waals surface area contributed by atoms with Crippen LogP contribution < -0.4 is 33.9 Å². The predicted molar refractivity (Wildman–Crippen MR) is 106 cm³/mol. The smallest absolute Gasteiger partial charge is 0.210 e. The van der Waals surface area contributed by atoms with Gasteiger partial charge in [0.1, 0.15) is 12.6 Å². The maximum atomic E-state index is 10.8. The lowest BCUT2D eigenvalue weighted by molar-refractivity contribution is -0.596. The minimum atomic E-state index is 0. The second kappa shape index (κ2) is 10.4. The van der Waals surface area contributed by atoms with Crippen LogP contribution in [0.2, 0.25) is 0 Å². The summed E-state index contributed by atoms with van der Waals surface area (Å²) in [5.41, 5.74) is 5.57. The molecule has 30 heavy (non-hydrogen) atoms. The molecule has 0 fully saturated rings. The van der Waals surface area contributed by atoms with Gasteiger partial charge in [0.2, 0.25) is 11.4 Å². The Bertz CT molecular complexity index is 1020. The van der Waals surface area contributed by atoms with Crippen LogP contribution >= 0.6 is 0 Å². The van der Waals surface area contributed by atoms with E-state index in [1.165, 1.54) is 0 Å². The van der Waals surface area contributed by atoms with E-state index >= 15 is 0 Å². The van der Waals surface area contributed by atoms with Gasteiger partial charge < -0.3 is 24.8 Å². The summed E-state index contributed by atoms with van der Waals surface area (Å²) in [4.78, 5) is 21.6. The molecular formula is C24H18Cl2N2O2. The van der Waals surface area contributed by atoms with Gasteiger partial charge in [-0.15, -0.1) is 0 Å². The van der Waals surface area contributed by atoms with E-state index in [0.29, 0.717) is 11.1 Å². The highest BCUT2D eigenvalue weighted by atomic mass is 35.5. The molecule has 0 amide bonds. The summed E-state index contributed by atoms with van der Waals surface area (Å²) < 4.78 is 4.02. The predicted octanol–water partition coefficient (Wildman–Crippen LogP) is -2.46. The first kappa shape index (κ1) is 22.9. The topological polar surface area (TPSA) is 41.9 Å². The lowest BCUT2D eigenvalue weighted by Gasteiger charge is -2.01. The molecule has 0 N–H and O–H groups in total. The lowest BCUT2D eigenvalue weighted by Crippen LogP contribution is -3.00. The number of halogens is 2. The van der Waals surface area contributed by atoms with E-state index in [4.69, 9.17) is 0 Å². The van der Waals surface area contributed by atoms with E-state index in [1.807, 2.05) is 58.2 Å². The fourth-order valence-corrected chi connectivity index (χ4v) is 3.03. The van der Waals surface area contributed by atoms with Crippen LogP contribution in [0, 0.1) is 0 Å². The molecule has 0 saturated carbocycles. The number of pyridine rings is 2. The minimum absolute atomic E-state index is 0. The molecule has 0 radical (unpaired) electrons. The highest BCUT2D eigenvalue weighted by molar-refractivity contribution is 5.75. The Balaban J connectivity index is 0.00000160. The number of hydrogen-bond donors (Lipinski definition) is 0. The summed E-state index contributed by atoms with van der Waals surface area (Å²) in [5.74, 6) is 0. The van der Waals surface area contributed by atoms with Gasteiger partial charge in [-0.2, -0.15) is 9.13 Å². The first-order chi connectivity index (χ1) is 13.8. The van der Waals surface area contributed by atoms with Gasteiger partial charge in [-0.05, 0) is 35.4 Å². The molecule has 2 aromatic heterocycles. The van der Waals surface area contributed by atoms with Gasteiger partial charge in [-0.1, -0.05) is 0 Å². The molecular weight excluding hydrogens is 419 g/mol. The van der Waals surface area contributed by atoms with Crippen molar-refractivity contribution in [2.45, 2.75) is 0 Å². The van der Waals surface area contributed by atoms with E-state index in [2.05, 4.69) is 24.3 Å². The summed E-state index contributed by atoms with van der Waals surface area (Å²) in [7, 11) is 0. The van der Waals surface area contributed by atoms with Crippen LogP contribution in [0.4, 0.5) is 0 Å². The molecule has 4 aromatic rings. The van der Waals surface area contributed by atoms with E-state index < -0.39 is 0 Å². The van der Waals surface area contributed by atoms with Gasteiger partial charge in [-0.3, -0.25) is 9.59 Å². The molecule has 0 spiro atoms. The first-order valence-electron chi connectivity index (χ1n) is 8.91. The van der Waals surface area contributed by atoms with Crippen molar-refractivity contribution in [2.75, 3.05) is 0 Å². The largest absolute Gasteiger partial charge is 1.00 e. The minimum Gasteiger partial charge on any atom is -1.00 e. The maximum Gasteiger partial charge on any atom is 0.210 e. The maximum absolute atomic E-state index is 10.8. The second-order valence-corrected chi connectivity index (χ2v) is 6.41. The zero-order valence-electron chi connectivity index (χ0n) is 15.9. The zero-order chi connectivity index (χ0) is 19.3. The average molecular weight is 437 g/mol. The number of aromatic nitrogens is 2. The van der Waals surface area contributed by atoms with Crippen molar-refractivity contribution >= 4 is 12.6 Å². The molecule has 0 unspecified atom stereocenters. The van der Waals surface area contributed by atoms with Gasteiger partial charge in [0.25, 0.3) is 0 Å². The molecule has 0 saturated heterocycles. The van der Waals surface area contributed by atoms with Crippen molar-refractivity contribution in [3.63, 3.8) is 0 Å². The SMILES string of the molecule is O=Cc1ccc(-[n+]2ccc(-c3cc[n+](-c4ccc(C=O)cc4)cc3)cc2)cc1.[Cl-].[Cl-]. The van der Waals surface area contributed by atoms with Crippen molar-refractivity contribution in [3.8, 4) is 22.5 Å². The van der Waals surface area contributed by atoms with Gasteiger partial charge in [-0.25, -0.2) is 0 Å². The normalized spacial score (nSPS) is 9.73. The fourth-order valence-electron chi connectivity index (χ4n) is 3.03. The van der Waals surface area contributed by atoms with E-state index in [1.54, 1.807) is 24.3 Å². The molecule has 6 heteroatoms. The van der Waals surface area contributed by atoms with Crippen molar-refractivity contribution in [3.05, 3.63) is 109 Å². The summed E-state index contributed by atoms with van der Waals surface area (Å²) in [6, 6.07) is 23.2. The highest BCUT2D eigenvalue weighted by Gasteiger charge is 2.09. The lowest BCUT2D eigenvalue weighted by atomic mass is 10.1. The van der Waals surface area contributed by atoms with Crippen LogP contribution in [0.5, 0.6) is 0 Å². The van der Waals surface area contributed by atoms with Gasteiger partial charge in [0, 0.05) is 59.7 Å². The van der Waals surface area contributed by atoms with Crippen molar-refractivity contribution in [1.29, 1.82) is 0 Å². The van der Waals surface area contributed by atoms with Crippen molar-refractivity contribution < 1.29 is 43.5 Å². The molecule has 150 valence electrons. The van der Waals surface area contributed by atoms with Crippen LogP contribution in [0.3, 0.4) is 0 Å². The first-order valence-corrected chi connectivity index (χ1v) is 8.91. The number of nitrogens with zero attached hydrogens (tertiary/aromatic N) is 2. The number of rotatable bonds is 5. The Kier molecular flexibility index (Phi) is 7.98. The van der Waals surface area contributed by atoms with E-state index in [-0.39, 0.29) is 24.8 Å². The Morgan fingerprint density at radius 3 is 1.03 bits per heavy atom. The average Bonchev–Trinajstić information content (AvgIpc) is 2.79. The van der Waals surface area contributed by atoms with Crippen LogP contribution in [0.15, 0.2) is 97.6 Å². The highest BCUT2D eigenvalue weighted by Crippen LogP contribution is 2.16. The second-order valence-electron chi connectivity index (χ2n) is 6.41. The number of carbonyl (C=O) groups is 2. The Hall–Kier alpha value is -3.34. The summed E-state index contributed by atoms with van der Waals surface area (Å²) in [5, 5.41) is 0. The van der Waals surface area contributed by atoms with Gasteiger partial charge in [0.05, 0.1) is 0 Å². The number of carbonyl (C=O) groups excluding carboxylic acids is 2. The Morgan fingerprint density at radius 1 is 0.467 bits per heavy atom. The molecule has 0 aliphatic rings. The molecule has 0 atom stereocenters. The van der Waals surface area contributed by atoms with Crippen molar-refractivity contribution in [2.24, 2.45) is 0 Å². The number of benzene rings is 2. The third kappa shape index (κ3) is 4.98. The summed E-state index contributed by atoms with van der Waals surface area (Å²) >= 11 is 0. The van der Waals surface area contributed by atoms with Crippen LogP contribution in [-0.2, 0) is 0 Å². The number of aldehydes is 2. The molecule has 4 rings (SSSR count). The Labute approximate surface area is 187 Å². The van der Waals surface area contributed by atoms with E-state index in [9.17, 15) is 9.59 Å².